The van der Waals surface area contributed by atoms with Crippen molar-refractivity contribution in [1.82, 2.24) is 15.2 Å². The van der Waals surface area contributed by atoms with E-state index in [0.29, 0.717) is 12.5 Å². The number of amides is 1. The van der Waals surface area contributed by atoms with E-state index in [0.717, 1.165) is 31.6 Å². The van der Waals surface area contributed by atoms with E-state index in [-0.39, 0.29) is 24.0 Å². The summed E-state index contributed by atoms with van der Waals surface area (Å²) in [6, 6.07) is 3.87. The van der Waals surface area contributed by atoms with Gasteiger partial charge in [0.25, 0.3) is 0 Å². The lowest BCUT2D eigenvalue weighted by Crippen LogP contribution is -2.45. The molecular formula is C18H27N3O2. The van der Waals surface area contributed by atoms with Crippen molar-refractivity contribution in [2.45, 2.75) is 45.4 Å². The lowest BCUT2D eigenvalue weighted by atomic mass is 9.99. The number of rotatable bonds is 6. The molecule has 3 unspecified atom stereocenters. The molecule has 2 saturated heterocycles. The Morgan fingerprint density at radius 1 is 1.48 bits per heavy atom. The maximum atomic E-state index is 12.5. The molecule has 23 heavy (non-hydrogen) atoms. The topological polar surface area (TPSA) is 54.5 Å². The van der Waals surface area contributed by atoms with Gasteiger partial charge >= 0.3 is 0 Å². The number of pyridine rings is 1. The molecule has 0 aromatic carbocycles. The van der Waals surface area contributed by atoms with E-state index in [1.165, 1.54) is 6.42 Å². The first-order valence-electron chi connectivity index (χ1n) is 8.66. The van der Waals surface area contributed by atoms with Gasteiger partial charge in [-0.25, -0.2) is 0 Å². The second-order valence-electron chi connectivity index (χ2n) is 7.16. The van der Waals surface area contributed by atoms with Crippen molar-refractivity contribution in [3.8, 4) is 0 Å². The molecule has 2 aliphatic rings. The Balaban J connectivity index is 1.50. The summed E-state index contributed by atoms with van der Waals surface area (Å²) < 4.78 is 6.01. The van der Waals surface area contributed by atoms with Crippen LogP contribution in [0.1, 0.15) is 32.3 Å². The van der Waals surface area contributed by atoms with Gasteiger partial charge in [-0.2, -0.15) is 0 Å². The standard InChI is InChI=1S/C18H27N3O2/c1-13(2)5-7-21-11-15-8-16(17(12-21)23-15)18(22)20-10-14-4-3-6-19-9-14/h3-4,6,9,13,15-17H,5,7-8,10-12H2,1-2H3,(H,20,22). The third kappa shape index (κ3) is 4.30. The van der Waals surface area contributed by atoms with Crippen molar-refractivity contribution in [1.29, 1.82) is 0 Å². The predicted octanol–water partition coefficient (Wildman–Crippen LogP) is 1.83. The first kappa shape index (κ1) is 16.4. The van der Waals surface area contributed by atoms with Gasteiger partial charge in [0.05, 0.1) is 18.1 Å². The molecule has 2 bridgehead atoms. The van der Waals surface area contributed by atoms with Crippen LogP contribution in [0.4, 0.5) is 0 Å². The highest BCUT2D eigenvalue weighted by molar-refractivity contribution is 5.79. The Kier molecular flexibility index (Phi) is 5.28. The summed E-state index contributed by atoms with van der Waals surface area (Å²) in [4.78, 5) is 19.0. The Hall–Kier alpha value is -1.46. The molecule has 0 saturated carbocycles. The van der Waals surface area contributed by atoms with E-state index in [4.69, 9.17) is 4.74 Å². The number of carbonyl (C=O) groups excluding carboxylic acids is 1. The van der Waals surface area contributed by atoms with E-state index < -0.39 is 0 Å². The fourth-order valence-corrected chi connectivity index (χ4v) is 3.46. The Morgan fingerprint density at radius 3 is 3.09 bits per heavy atom. The van der Waals surface area contributed by atoms with E-state index in [9.17, 15) is 4.79 Å². The third-order valence-electron chi connectivity index (χ3n) is 4.78. The van der Waals surface area contributed by atoms with Crippen LogP contribution >= 0.6 is 0 Å². The third-order valence-corrected chi connectivity index (χ3v) is 4.78. The minimum absolute atomic E-state index is 0.0132. The van der Waals surface area contributed by atoms with Crippen molar-refractivity contribution >= 4 is 5.91 Å². The summed E-state index contributed by atoms with van der Waals surface area (Å²) in [5.41, 5.74) is 1.03. The quantitative estimate of drug-likeness (QED) is 0.870. The van der Waals surface area contributed by atoms with Crippen LogP contribution in [-0.2, 0) is 16.1 Å². The number of morpholine rings is 1. The Labute approximate surface area is 138 Å². The summed E-state index contributed by atoms with van der Waals surface area (Å²) >= 11 is 0. The summed E-state index contributed by atoms with van der Waals surface area (Å²) in [6.07, 6.45) is 5.85. The second-order valence-corrected chi connectivity index (χ2v) is 7.16. The second kappa shape index (κ2) is 7.41. The zero-order valence-corrected chi connectivity index (χ0v) is 14.1. The van der Waals surface area contributed by atoms with Crippen LogP contribution in [0.15, 0.2) is 24.5 Å². The summed E-state index contributed by atoms with van der Waals surface area (Å²) in [7, 11) is 0. The Morgan fingerprint density at radius 2 is 2.35 bits per heavy atom. The SMILES string of the molecule is CC(C)CCN1CC2CC(C(=O)NCc3cccnc3)C(C1)O2. The number of likely N-dealkylation sites (tertiary alicyclic amines) is 1. The van der Waals surface area contributed by atoms with Crippen molar-refractivity contribution < 1.29 is 9.53 Å². The molecule has 1 amide bonds. The van der Waals surface area contributed by atoms with Crippen LogP contribution in [0.2, 0.25) is 0 Å². The molecular weight excluding hydrogens is 290 g/mol. The molecule has 0 radical (unpaired) electrons. The zero-order valence-electron chi connectivity index (χ0n) is 14.1. The fourth-order valence-electron chi connectivity index (χ4n) is 3.46. The number of hydrogen-bond donors (Lipinski definition) is 1. The molecule has 5 nitrogen and oxygen atoms in total. The number of ether oxygens (including phenoxy) is 1. The highest BCUT2D eigenvalue weighted by Crippen LogP contribution is 2.32. The van der Waals surface area contributed by atoms with Gasteiger partial charge in [0, 0.05) is 32.0 Å². The number of carbonyl (C=O) groups is 1. The number of aromatic nitrogens is 1. The molecule has 1 N–H and O–H groups in total. The first-order valence-corrected chi connectivity index (χ1v) is 8.66. The van der Waals surface area contributed by atoms with Gasteiger partial charge < -0.3 is 10.1 Å². The highest BCUT2D eigenvalue weighted by Gasteiger charge is 2.44. The summed E-state index contributed by atoms with van der Waals surface area (Å²) in [5, 5.41) is 3.04. The van der Waals surface area contributed by atoms with Crippen LogP contribution in [-0.4, -0.2) is 47.6 Å². The van der Waals surface area contributed by atoms with E-state index >= 15 is 0 Å². The average Bonchev–Trinajstić information content (AvgIpc) is 2.86. The van der Waals surface area contributed by atoms with Crippen LogP contribution in [0, 0.1) is 11.8 Å². The summed E-state index contributed by atoms with van der Waals surface area (Å²) in [6.45, 7) is 8.01. The largest absolute Gasteiger partial charge is 0.371 e. The van der Waals surface area contributed by atoms with Gasteiger partial charge in [-0.15, -0.1) is 0 Å². The molecule has 3 heterocycles. The monoisotopic (exact) mass is 317 g/mol. The normalized spacial score (nSPS) is 27.3. The van der Waals surface area contributed by atoms with Crippen LogP contribution in [0.25, 0.3) is 0 Å². The van der Waals surface area contributed by atoms with Crippen molar-refractivity contribution in [2.24, 2.45) is 11.8 Å². The molecule has 0 aliphatic carbocycles. The number of hydrogen-bond acceptors (Lipinski definition) is 4. The minimum Gasteiger partial charge on any atom is -0.371 e. The highest BCUT2D eigenvalue weighted by atomic mass is 16.5. The molecule has 1 aromatic heterocycles. The van der Waals surface area contributed by atoms with Gasteiger partial charge in [-0.3, -0.25) is 14.7 Å². The van der Waals surface area contributed by atoms with Crippen LogP contribution in [0.3, 0.4) is 0 Å². The Bertz CT molecular complexity index is 520. The molecule has 1 aromatic rings. The molecule has 3 atom stereocenters. The number of nitrogens with zero attached hydrogens (tertiary/aromatic N) is 2. The fraction of sp³-hybridized carbons (Fsp3) is 0.667. The van der Waals surface area contributed by atoms with E-state index in [2.05, 4.69) is 29.0 Å². The van der Waals surface area contributed by atoms with Gasteiger partial charge in [-0.1, -0.05) is 19.9 Å². The molecule has 5 heteroatoms. The number of nitrogens with one attached hydrogen (secondary N) is 1. The smallest absolute Gasteiger partial charge is 0.226 e. The predicted molar refractivity (Wildman–Crippen MR) is 88.7 cm³/mol. The van der Waals surface area contributed by atoms with Crippen molar-refractivity contribution in [3.63, 3.8) is 0 Å². The van der Waals surface area contributed by atoms with Gasteiger partial charge in [0.15, 0.2) is 0 Å². The molecule has 0 spiro atoms. The maximum Gasteiger partial charge on any atom is 0.226 e. The van der Waals surface area contributed by atoms with Crippen LogP contribution in [0.5, 0.6) is 0 Å². The molecule has 2 aliphatic heterocycles. The lowest BCUT2D eigenvalue weighted by molar-refractivity contribution is -0.128. The zero-order chi connectivity index (χ0) is 16.2. The first-order chi connectivity index (χ1) is 11.1. The molecule has 126 valence electrons. The lowest BCUT2D eigenvalue weighted by Gasteiger charge is -2.33. The van der Waals surface area contributed by atoms with Crippen molar-refractivity contribution in [3.05, 3.63) is 30.1 Å². The van der Waals surface area contributed by atoms with E-state index in [1.54, 1.807) is 12.4 Å². The van der Waals surface area contributed by atoms with E-state index in [1.807, 2.05) is 12.1 Å². The van der Waals surface area contributed by atoms with Crippen molar-refractivity contribution in [2.75, 3.05) is 19.6 Å². The summed E-state index contributed by atoms with van der Waals surface area (Å²) in [5.74, 6) is 0.821. The number of fused-ring (bicyclic) bond motifs is 2. The van der Waals surface area contributed by atoms with Gasteiger partial charge in [0.1, 0.15) is 0 Å². The molecule has 2 fully saturated rings. The van der Waals surface area contributed by atoms with Crippen LogP contribution < -0.4 is 5.32 Å². The van der Waals surface area contributed by atoms with Gasteiger partial charge in [0.2, 0.25) is 5.91 Å². The maximum absolute atomic E-state index is 12.5. The minimum atomic E-state index is -0.0132. The molecule has 3 rings (SSSR count). The van der Waals surface area contributed by atoms with Gasteiger partial charge in [-0.05, 0) is 36.9 Å². The average molecular weight is 317 g/mol.